The second-order valence-electron chi connectivity index (χ2n) is 5.82. The van der Waals surface area contributed by atoms with Gasteiger partial charge >= 0.3 is 0 Å². The third kappa shape index (κ3) is 3.26. The molecule has 0 saturated heterocycles. The summed E-state index contributed by atoms with van der Waals surface area (Å²) >= 11 is 1.70. The predicted octanol–water partition coefficient (Wildman–Crippen LogP) is 4.58. The molecule has 0 heterocycles. The number of carbonyl (C=O) groups is 1. The fraction of sp³-hybridized carbons (Fsp3) is 0.438. The minimum absolute atomic E-state index is 0.137. The maximum atomic E-state index is 12.2. The van der Waals surface area contributed by atoms with E-state index in [2.05, 4.69) is 32.9 Å². The zero-order valence-corrected chi connectivity index (χ0v) is 12.1. The number of hydrogen-bond acceptors (Lipinski definition) is 2. The third-order valence-electron chi connectivity index (χ3n) is 3.25. The molecule has 0 atom stereocenters. The van der Waals surface area contributed by atoms with Gasteiger partial charge in [0.25, 0.3) is 0 Å². The largest absolute Gasteiger partial charge is 0.294 e. The van der Waals surface area contributed by atoms with Crippen molar-refractivity contribution >= 4 is 17.5 Å². The molecule has 1 nitrogen and oxygen atoms in total. The van der Waals surface area contributed by atoms with Crippen LogP contribution in [-0.2, 0) is 10.5 Å². The summed E-state index contributed by atoms with van der Waals surface area (Å²) in [6.07, 6.45) is 1.72. The van der Waals surface area contributed by atoms with Gasteiger partial charge in [0.05, 0.1) is 0 Å². The van der Waals surface area contributed by atoms with Crippen LogP contribution < -0.4 is 0 Å². The van der Waals surface area contributed by atoms with Crippen molar-refractivity contribution in [1.29, 1.82) is 0 Å². The first-order valence-electron chi connectivity index (χ1n) is 6.38. The summed E-state index contributed by atoms with van der Waals surface area (Å²) < 4.78 is 0. The van der Waals surface area contributed by atoms with Gasteiger partial charge in [0.2, 0.25) is 0 Å². The van der Waals surface area contributed by atoms with Crippen molar-refractivity contribution in [3.8, 4) is 0 Å². The standard InChI is InChI=1S/C16H20OS/c1-12-9-16(2,3)10-14(17)15(12)18-11-13-7-5-4-6-8-13/h4-8H,9-11H2,1-3H3. The molecule has 0 aliphatic heterocycles. The molecule has 1 aliphatic rings. The molecule has 96 valence electrons. The fourth-order valence-electron chi connectivity index (χ4n) is 2.55. The number of ketones is 1. The molecule has 0 spiro atoms. The van der Waals surface area contributed by atoms with Gasteiger partial charge in [-0.2, -0.15) is 0 Å². The van der Waals surface area contributed by atoms with Gasteiger partial charge in [0.15, 0.2) is 5.78 Å². The van der Waals surface area contributed by atoms with Crippen molar-refractivity contribution in [3.05, 3.63) is 46.4 Å². The van der Waals surface area contributed by atoms with Crippen LogP contribution >= 0.6 is 11.8 Å². The van der Waals surface area contributed by atoms with Crippen molar-refractivity contribution < 1.29 is 4.79 Å². The maximum absolute atomic E-state index is 12.2. The second kappa shape index (κ2) is 5.31. The zero-order chi connectivity index (χ0) is 13.2. The van der Waals surface area contributed by atoms with Gasteiger partial charge < -0.3 is 0 Å². The molecular formula is C16H20OS. The number of hydrogen-bond donors (Lipinski definition) is 0. The Bertz CT molecular complexity index is 471. The number of carbonyl (C=O) groups excluding carboxylic acids is 1. The summed E-state index contributed by atoms with van der Waals surface area (Å²) in [4.78, 5) is 13.2. The van der Waals surface area contributed by atoms with E-state index in [4.69, 9.17) is 0 Å². The number of thioether (sulfide) groups is 1. The van der Waals surface area contributed by atoms with Crippen molar-refractivity contribution in [1.82, 2.24) is 0 Å². The molecule has 2 rings (SSSR count). The smallest absolute Gasteiger partial charge is 0.169 e. The number of rotatable bonds is 3. The van der Waals surface area contributed by atoms with Crippen molar-refractivity contribution in [2.24, 2.45) is 5.41 Å². The van der Waals surface area contributed by atoms with Crippen LogP contribution in [0.3, 0.4) is 0 Å². The van der Waals surface area contributed by atoms with E-state index in [1.807, 2.05) is 18.2 Å². The van der Waals surface area contributed by atoms with Gasteiger partial charge in [-0.15, -0.1) is 11.8 Å². The molecule has 1 aromatic carbocycles. The monoisotopic (exact) mass is 260 g/mol. The van der Waals surface area contributed by atoms with Crippen LogP contribution in [0, 0.1) is 5.41 Å². The van der Waals surface area contributed by atoms with Crippen LogP contribution in [0.25, 0.3) is 0 Å². The molecule has 0 unspecified atom stereocenters. The fourth-order valence-corrected chi connectivity index (χ4v) is 3.60. The van der Waals surface area contributed by atoms with E-state index < -0.39 is 0 Å². The predicted molar refractivity (Wildman–Crippen MR) is 78.5 cm³/mol. The van der Waals surface area contributed by atoms with E-state index in [1.54, 1.807) is 11.8 Å². The summed E-state index contributed by atoms with van der Waals surface area (Å²) in [5.74, 6) is 1.21. The number of allylic oxidation sites excluding steroid dienone is 2. The molecule has 0 bridgehead atoms. The highest BCUT2D eigenvalue weighted by atomic mass is 32.2. The van der Waals surface area contributed by atoms with Gasteiger partial charge in [-0.25, -0.2) is 0 Å². The SMILES string of the molecule is CC1=C(SCc2ccccc2)C(=O)CC(C)(C)C1. The lowest BCUT2D eigenvalue weighted by molar-refractivity contribution is -0.117. The van der Waals surface area contributed by atoms with Gasteiger partial charge in [0.1, 0.15) is 0 Å². The molecule has 0 N–H and O–H groups in total. The van der Waals surface area contributed by atoms with E-state index in [-0.39, 0.29) is 5.41 Å². The number of benzene rings is 1. The normalized spacial score (nSPS) is 19.2. The molecule has 2 heteroatoms. The summed E-state index contributed by atoms with van der Waals surface area (Å²) in [5, 5.41) is 0. The molecule has 0 aromatic heterocycles. The third-order valence-corrected chi connectivity index (χ3v) is 4.59. The van der Waals surface area contributed by atoms with Crippen LogP contribution in [0.15, 0.2) is 40.8 Å². The first-order valence-corrected chi connectivity index (χ1v) is 7.36. The van der Waals surface area contributed by atoms with E-state index in [0.29, 0.717) is 12.2 Å². The van der Waals surface area contributed by atoms with E-state index >= 15 is 0 Å². The van der Waals surface area contributed by atoms with Crippen LogP contribution in [0.5, 0.6) is 0 Å². The molecule has 1 aliphatic carbocycles. The van der Waals surface area contributed by atoms with Crippen LogP contribution in [-0.4, -0.2) is 5.78 Å². The maximum Gasteiger partial charge on any atom is 0.169 e. The molecule has 0 radical (unpaired) electrons. The topological polar surface area (TPSA) is 17.1 Å². The van der Waals surface area contributed by atoms with Gasteiger partial charge in [-0.05, 0) is 24.3 Å². The van der Waals surface area contributed by atoms with Crippen molar-refractivity contribution in [3.63, 3.8) is 0 Å². The van der Waals surface area contributed by atoms with E-state index in [1.165, 1.54) is 11.1 Å². The first kappa shape index (κ1) is 13.4. The summed E-state index contributed by atoms with van der Waals surface area (Å²) in [5.41, 5.74) is 2.68. The Kier molecular flexibility index (Phi) is 3.96. The first-order chi connectivity index (χ1) is 8.48. The Morgan fingerprint density at radius 3 is 2.44 bits per heavy atom. The van der Waals surface area contributed by atoms with Gasteiger partial charge in [-0.1, -0.05) is 49.8 Å². The van der Waals surface area contributed by atoms with E-state index in [9.17, 15) is 4.79 Å². The minimum Gasteiger partial charge on any atom is -0.294 e. The molecular weight excluding hydrogens is 240 g/mol. The van der Waals surface area contributed by atoms with Gasteiger partial charge in [-0.3, -0.25) is 4.79 Å². The lowest BCUT2D eigenvalue weighted by Crippen LogP contribution is -2.24. The average Bonchev–Trinajstić information content (AvgIpc) is 2.27. The van der Waals surface area contributed by atoms with Gasteiger partial charge in [0, 0.05) is 17.1 Å². The summed E-state index contributed by atoms with van der Waals surface area (Å²) in [6.45, 7) is 6.45. The number of Topliss-reactive ketones (excluding diaryl/α,β-unsaturated/α-hetero) is 1. The Hall–Kier alpha value is -1.02. The summed E-state index contributed by atoms with van der Waals surface area (Å²) in [6, 6.07) is 10.3. The Balaban J connectivity index is 2.07. The molecule has 1 aromatic rings. The second-order valence-corrected chi connectivity index (χ2v) is 6.81. The summed E-state index contributed by atoms with van der Waals surface area (Å²) in [7, 11) is 0. The Labute approximate surface area is 114 Å². The molecule has 18 heavy (non-hydrogen) atoms. The van der Waals surface area contributed by atoms with Crippen LogP contribution in [0.4, 0.5) is 0 Å². The van der Waals surface area contributed by atoms with E-state index in [0.717, 1.165) is 17.1 Å². The van der Waals surface area contributed by atoms with Crippen molar-refractivity contribution in [2.75, 3.05) is 0 Å². The lowest BCUT2D eigenvalue weighted by atomic mass is 9.77. The van der Waals surface area contributed by atoms with Crippen molar-refractivity contribution in [2.45, 2.75) is 39.4 Å². The molecule has 0 saturated carbocycles. The lowest BCUT2D eigenvalue weighted by Gasteiger charge is -2.30. The quantitative estimate of drug-likeness (QED) is 0.791. The Morgan fingerprint density at radius 1 is 1.17 bits per heavy atom. The average molecular weight is 260 g/mol. The van der Waals surface area contributed by atoms with Crippen LogP contribution in [0.2, 0.25) is 0 Å². The van der Waals surface area contributed by atoms with Crippen LogP contribution in [0.1, 0.15) is 39.2 Å². The highest BCUT2D eigenvalue weighted by molar-refractivity contribution is 8.03. The highest BCUT2D eigenvalue weighted by Crippen LogP contribution is 2.40. The molecule has 0 amide bonds. The Morgan fingerprint density at radius 2 is 1.83 bits per heavy atom. The minimum atomic E-state index is 0.137. The zero-order valence-electron chi connectivity index (χ0n) is 11.3. The highest BCUT2D eigenvalue weighted by Gasteiger charge is 2.31. The molecule has 0 fully saturated rings.